The van der Waals surface area contributed by atoms with Crippen LogP contribution in [0.1, 0.15) is 29.2 Å². The fraction of sp³-hybridized carbons (Fsp3) is 0.156. The molecule has 1 aliphatic heterocycles. The third-order valence-electron chi connectivity index (χ3n) is 6.66. The molecule has 3 nitrogen and oxygen atoms in total. The van der Waals surface area contributed by atoms with Gasteiger partial charge in [-0.25, -0.2) is 4.76 Å². The molecular weight excluding hydrogens is 488 g/mol. The van der Waals surface area contributed by atoms with E-state index in [2.05, 4.69) is 153 Å². The second-order valence-corrected chi connectivity index (χ2v) is 13.3. The quantitative estimate of drug-likeness (QED) is 0.187. The van der Waals surface area contributed by atoms with Crippen LogP contribution in [0.25, 0.3) is 0 Å². The molecule has 186 valence electrons. The van der Waals surface area contributed by atoms with Crippen LogP contribution in [-0.4, -0.2) is 5.45 Å². The molecule has 0 saturated carbocycles. The summed E-state index contributed by atoms with van der Waals surface area (Å²) < 4.78 is 10.4. The van der Waals surface area contributed by atoms with E-state index >= 15 is 0 Å². The molecule has 0 fully saturated rings. The lowest BCUT2D eigenvalue weighted by molar-refractivity contribution is 1.28. The van der Waals surface area contributed by atoms with Gasteiger partial charge >= 0.3 is 0 Å². The van der Waals surface area contributed by atoms with Gasteiger partial charge in [-0.3, -0.25) is 9.34 Å². The molecule has 1 aliphatic rings. The van der Waals surface area contributed by atoms with Crippen LogP contribution in [0.2, 0.25) is 0 Å². The summed E-state index contributed by atoms with van der Waals surface area (Å²) in [6, 6.07) is 34.7. The Morgan fingerprint density at radius 2 is 0.946 bits per heavy atom. The van der Waals surface area contributed by atoms with Crippen LogP contribution in [0.15, 0.2) is 114 Å². The maximum Gasteiger partial charge on any atom is 0.237 e. The zero-order valence-corrected chi connectivity index (χ0v) is 23.9. The molecule has 0 aliphatic carbocycles. The van der Waals surface area contributed by atoms with E-state index in [0.717, 1.165) is 0 Å². The van der Waals surface area contributed by atoms with Crippen molar-refractivity contribution in [3.05, 3.63) is 132 Å². The zero-order valence-electron chi connectivity index (χ0n) is 22.1. The topological polar surface area (TPSA) is 18.8 Å². The Kier molecular flexibility index (Phi) is 7.56. The van der Waals surface area contributed by atoms with Crippen molar-refractivity contribution in [2.75, 3.05) is 9.34 Å². The molecule has 5 heteroatoms. The van der Waals surface area contributed by atoms with Gasteiger partial charge in [-0.2, -0.15) is 0 Å². The minimum atomic E-state index is -1.08. The van der Waals surface area contributed by atoms with Gasteiger partial charge in [-0.15, -0.1) is 0 Å². The summed E-state index contributed by atoms with van der Waals surface area (Å²) in [5, 5.41) is 2.65. The van der Waals surface area contributed by atoms with E-state index in [-0.39, 0.29) is 0 Å². The minimum Gasteiger partial charge on any atom is -0.289 e. The lowest BCUT2D eigenvalue weighted by Crippen LogP contribution is -2.19. The van der Waals surface area contributed by atoms with Gasteiger partial charge in [0.1, 0.15) is 0 Å². The number of para-hydroxylation sites is 2. The van der Waals surface area contributed by atoms with Crippen molar-refractivity contribution in [1.29, 1.82) is 0 Å². The third-order valence-corrected chi connectivity index (χ3v) is 11.1. The first-order valence-electron chi connectivity index (χ1n) is 12.6. The molecule has 0 spiro atoms. The molecule has 1 heterocycles. The Balaban J connectivity index is 1.67. The normalized spacial score (nSPS) is 14.2. The highest BCUT2D eigenvalue weighted by molar-refractivity contribution is 7.88. The predicted octanol–water partition coefficient (Wildman–Crippen LogP) is 8.50. The number of aryl methyl sites for hydroxylation is 4. The smallest absolute Gasteiger partial charge is 0.237 e. The van der Waals surface area contributed by atoms with Gasteiger partial charge in [0.2, 0.25) is 8.37 Å². The average molecular weight is 522 g/mol. The first-order chi connectivity index (χ1) is 18.0. The van der Waals surface area contributed by atoms with Crippen molar-refractivity contribution in [3.63, 3.8) is 0 Å². The van der Waals surface area contributed by atoms with Gasteiger partial charge in [0.05, 0.1) is 11.4 Å². The van der Waals surface area contributed by atoms with Crippen molar-refractivity contribution in [2.24, 2.45) is 4.76 Å². The van der Waals surface area contributed by atoms with Crippen molar-refractivity contribution in [1.82, 2.24) is 0 Å². The second kappa shape index (κ2) is 11.0. The molecule has 0 N–H and O–H groups in total. The molecule has 4 aromatic carbocycles. The van der Waals surface area contributed by atoms with E-state index in [4.69, 9.17) is 4.76 Å². The summed E-state index contributed by atoms with van der Waals surface area (Å²) in [4.78, 5) is 0. The van der Waals surface area contributed by atoms with Crippen molar-refractivity contribution in [2.45, 2.75) is 34.6 Å². The van der Waals surface area contributed by atoms with Crippen molar-refractivity contribution < 1.29 is 0 Å². The lowest BCUT2D eigenvalue weighted by Gasteiger charge is -2.32. The maximum atomic E-state index is 5.61. The van der Waals surface area contributed by atoms with Gasteiger partial charge in [0.25, 0.3) is 0 Å². The summed E-state index contributed by atoms with van der Waals surface area (Å²) in [6.07, 6.45) is 4.44. The van der Waals surface area contributed by atoms with Crippen LogP contribution in [0.3, 0.4) is 0 Å². The highest BCUT2D eigenvalue weighted by Crippen LogP contribution is 2.58. The van der Waals surface area contributed by atoms with E-state index in [1.165, 1.54) is 49.7 Å². The van der Waals surface area contributed by atoms with Gasteiger partial charge in [0, 0.05) is 25.8 Å². The highest BCUT2D eigenvalue weighted by atomic mass is 31.2. The van der Waals surface area contributed by atoms with E-state index in [9.17, 15) is 0 Å². The molecule has 0 atom stereocenters. The van der Waals surface area contributed by atoms with E-state index in [0.29, 0.717) is 0 Å². The Morgan fingerprint density at radius 3 is 1.32 bits per heavy atom. The fourth-order valence-electron chi connectivity index (χ4n) is 4.96. The van der Waals surface area contributed by atoms with Crippen LogP contribution < -0.4 is 19.9 Å². The highest BCUT2D eigenvalue weighted by Gasteiger charge is 2.33. The lowest BCUT2D eigenvalue weighted by atomic mass is 10.1. The van der Waals surface area contributed by atoms with E-state index in [1.807, 2.05) is 0 Å². The third kappa shape index (κ3) is 5.12. The van der Waals surface area contributed by atoms with Crippen LogP contribution >= 0.6 is 16.3 Å². The molecule has 0 amide bonds. The maximum absolute atomic E-state index is 5.61. The van der Waals surface area contributed by atoms with Crippen LogP contribution in [0, 0.1) is 27.7 Å². The van der Waals surface area contributed by atoms with Crippen molar-refractivity contribution in [3.8, 4) is 0 Å². The molecule has 0 radical (unpaired) electrons. The summed E-state index contributed by atoms with van der Waals surface area (Å²) in [5.41, 5.74) is 8.74. The molecule has 4 aromatic rings. The second-order valence-electron chi connectivity index (χ2n) is 9.39. The number of hydrogen-bond acceptors (Lipinski definition) is 3. The van der Waals surface area contributed by atoms with Gasteiger partial charge in [-0.05, 0) is 67.5 Å². The Hall–Kier alpha value is -3.25. The van der Waals surface area contributed by atoms with E-state index < -0.39 is 16.3 Å². The zero-order chi connectivity index (χ0) is 25.9. The summed E-state index contributed by atoms with van der Waals surface area (Å²) in [5.74, 6) is 0. The van der Waals surface area contributed by atoms with Crippen LogP contribution in [0.4, 0.5) is 11.4 Å². The monoisotopic (exact) mass is 521 g/mol. The van der Waals surface area contributed by atoms with Gasteiger partial charge < -0.3 is 0 Å². The summed E-state index contributed by atoms with van der Waals surface area (Å²) in [7, 11) is -1.83. The summed E-state index contributed by atoms with van der Waals surface area (Å²) >= 11 is 0. The fourth-order valence-corrected chi connectivity index (χ4v) is 9.55. The SMILES string of the molecule is C/C(=N\P1N(c2c(C)cccc2C)C=CN1c1c(C)cccc1C)P(c1ccccc1)c1ccccc1. The first kappa shape index (κ1) is 25.4. The Labute approximate surface area is 223 Å². The predicted molar refractivity (Wildman–Crippen MR) is 165 cm³/mol. The molecule has 0 aromatic heterocycles. The number of nitrogens with zero attached hydrogens (tertiary/aromatic N) is 3. The molecule has 0 saturated heterocycles. The average Bonchev–Trinajstić information content (AvgIpc) is 3.28. The van der Waals surface area contributed by atoms with Crippen LogP contribution in [0.5, 0.6) is 0 Å². The van der Waals surface area contributed by atoms with Gasteiger partial charge in [0.15, 0.2) is 0 Å². The molecule has 0 bridgehead atoms. The van der Waals surface area contributed by atoms with Crippen LogP contribution in [-0.2, 0) is 0 Å². The first-order valence-corrected chi connectivity index (χ1v) is 15.1. The molecule has 37 heavy (non-hydrogen) atoms. The standard InChI is InChI=1S/C32H33N3P2/c1-24-14-12-15-25(2)31(24)34-22-23-35(32-26(3)16-13-17-27(32)4)37(34)33-28(5)36(29-18-8-6-9-19-29)30-20-10-7-11-21-30/h6-23H,1-5H3/b33-28+. The van der Waals surface area contributed by atoms with E-state index in [1.54, 1.807) is 0 Å². The van der Waals surface area contributed by atoms with Crippen molar-refractivity contribution >= 4 is 43.7 Å². The molecule has 5 rings (SSSR count). The molecular formula is C32H33N3P2. The minimum absolute atomic E-state index is 0.750. The van der Waals surface area contributed by atoms with Gasteiger partial charge in [-0.1, -0.05) is 97.1 Å². The number of rotatable bonds is 6. The summed E-state index contributed by atoms with van der Waals surface area (Å²) in [6.45, 7) is 11.0. The Morgan fingerprint density at radius 1 is 0.568 bits per heavy atom. The largest absolute Gasteiger partial charge is 0.289 e. The molecule has 0 unspecified atom stereocenters. The number of anilines is 2. The number of benzene rings is 4. The number of hydrogen-bond donors (Lipinski definition) is 0. The Bertz CT molecular complexity index is 1310.